The van der Waals surface area contributed by atoms with Gasteiger partial charge in [0.25, 0.3) is 0 Å². The molecule has 0 saturated heterocycles. The second-order valence-electron chi connectivity index (χ2n) is 32.4. The SMILES string of the molecule is CSCC[C@H](NC(=O)[C@H](CCCNC(=N)N)NC(=O)[C@H](Cc1c[nH]c2ccccc12)NC(=O)[C@H](CCC(N)=O)NC(=O)[C@H](Cc1c[nH]c2ccccc12)NC(=O)[C@H](CCCNC(=N)N)NC(=O)[C@H](CCCNC(=N)N)NC(=O)[C@H](CS)NC(=O)[C@H](CCCCN)NC(=O)[C@@H](N)CCC(=O)O)C(=O)N[C@@H](CCCCN)C(=O)N[C@@H](CCCCN)C(=O)N[C@@H](CC(C)C)C(=O)NCC(=O)O. The summed E-state index contributed by atoms with van der Waals surface area (Å²) in [5, 5.41) is 85.2. The number of amides is 14. The van der Waals surface area contributed by atoms with Gasteiger partial charge in [0.1, 0.15) is 79.0 Å². The van der Waals surface area contributed by atoms with Gasteiger partial charge in [0.2, 0.25) is 82.7 Å². The Morgan fingerprint density at radius 1 is 0.376 bits per heavy atom. The third kappa shape index (κ3) is 42.7. The number of H-pyrrole nitrogens is 2. The van der Waals surface area contributed by atoms with E-state index >= 15 is 24.0 Å². The Hall–Kier alpha value is -12.6. The first-order chi connectivity index (χ1) is 63.3. The average Bonchev–Trinajstić information content (AvgIpc) is 1.68. The lowest BCUT2D eigenvalue weighted by Crippen LogP contribution is -2.61. The maximum absolute atomic E-state index is 15.5. The summed E-state index contributed by atoms with van der Waals surface area (Å²) in [6, 6.07) is -5.60. The number of thioether (sulfide) groups is 1. The van der Waals surface area contributed by atoms with Crippen LogP contribution in [0.2, 0.25) is 0 Å². The van der Waals surface area contributed by atoms with Gasteiger partial charge < -0.3 is 151 Å². The maximum atomic E-state index is 15.5. The fraction of sp³-hybridized carbons (Fsp3) is 0.583. The van der Waals surface area contributed by atoms with Crippen molar-refractivity contribution < 1.29 is 86.9 Å². The number of aliphatic carboxylic acids is 2. The molecule has 49 heteroatoms. The van der Waals surface area contributed by atoms with Crippen LogP contribution >= 0.6 is 24.4 Å². The van der Waals surface area contributed by atoms with Gasteiger partial charge in [0, 0.05) is 85.3 Å². The summed E-state index contributed by atoms with van der Waals surface area (Å²) in [6.07, 6.45) is 3.88. The number of nitrogens with one attached hydrogen (secondary N) is 21. The summed E-state index contributed by atoms with van der Waals surface area (Å²) in [7, 11) is 0. The number of carbonyl (C=O) groups is 16. The number of unbranched alkanes of at least 4 members (excludes halogenated alkanes) is 3. The third-order valence-corrected chi connectivity index (χ3v) is 22.2. The number of para-hydroxylation sites is 2. The van der Waals surface area contributed by atoms with Crippen LogP contribution in [0.15, 0.2) is 60.9 Å². The molecule has 4 rings (SSSR count). The van der Waals surface area contributed by atoms with Gasteiger partial charge in [-0.15, -0.1) is 0 Å². The Labute approximate surface area is 780 Å². The van der Waals surface area contributed by atoms with Crippen molar-refractivity contribution in [3.05, 3.63) is 72.1 Å². The number of aromatic nitrogens is 2. The monoisotopic (exact) mass is 1900 g/mol. The third-order valence-electron chi connectivity index (χ3n) is 21.2. The molecule has 2 aromatic heterocycles. The van der Waals surface area contributed by atoms with Crippen LogP contribution in [0, 0.1) is 22.1 Å². The van der Waals surface area contributed by atoms with Gasteiger partial charge in [-0.1, -0.05) is 50.2 Å². The van der Waals surface area contributed by atoms with E-state index in [0.717, 1.165) is 0 Å². The van der Waals surface area contributed by atoms with Crippen LogP contribution in [-0.4, -0.2) is 275 Å². The Balaban J connectivity index is 1.81. The second kappa shape index (κ2) is 61.2. The van der Waals surface area contributed by atoms with E-state index in [-0.39, 0.29) is 153 Å². The zero-order chi connectivity index (χ0) is 98.7. The molecule has 47 nitrogen and oxygen atoms in total. The zero-order valence-electron chi connectivity index (χ0n) is 75.4. The largest absolute Gasteiger partial charge is 0.481 e. The molecule has 14 amide bonds. The van der Waals surface area contributed by atoms with Crippen molar-refractivity contribution in [2.75, 3.05) is 63.6 Å². The summed E-state index contributed by atoms with van der Waals surface area (Å²) in [5.41, 5.74) is 48.1. The van der Waals surface area contributed by atoms with Gasteiger partial charge in [-0.3, -0.25) is 92.9 Å². The van der Waals surface area contributed by atoms with E-state index in [9.17, 15) is 63.0 Å². The van der Waals surface area contributed by atoms with Crippen molar-refractivity contribution in [3.8, 4) is 0 Å². The molecule has 0 fully saturated rings. The first-order valence-electron chi connectivity index (χ1n) is 44.3. The molecule has 39 N–H and O–H groups in total. The molecule has 738 valence electrons. The lowest BCUT2D eigenvalue weighted by Gasteiger charge is -2.29. The molecule has 0 saturated carbocycles. The van der Waals surface area contributed by atoms with Crippen LogP contribution in [-0.2, 0) is 89.6 Å². The van der Waals surface area contributed by atoms with Gasteiger partial charge in [0.05, 0.1) is 6.04 Å². The number of carbonyl (C=O) groups excluding carboxylic acids is 14. The van der Waals surface area contributed by atoms with Crippen LogP contribution in [0.5, 0.6) is 0 Å². The van der Waals surface area contributed by atoms with E-state index in [2.05, 4.69) is 108 Å². The van der Waals surface area contributed by atoms with Crippen LogP contribution in [0.25, 0.3) is 21.8 Å². The van der Waals surface area contributed by atoms with Crippen molar-refractivity contribution in [3.63, 3.8) is 0 Å². The molecular formula is C84H137N29O18S2. The van der Waals surface area contributed by atoms with E-state index < -0.39 is 217 Å². The number of fused-ring (bicyclic) bond motifs is 2. The molecule has 133 heavy (non-hydrogen) atoms. The predicted octanol–water partition coefficient (Wildman–Crippen LogP) is -5.18. The van der Waals surface area contributed by atoms with Crippen LogP contribution < -0.4 is 131 Å². The van der Waals surface area contributed by atoms with Gasteiger partial charge >= 0.3 is 11.9 Å². The molecule has 0 aliphatic rings. The number of aromatic amines is 2. The highest BCUT2D eigenvalue weighted by Crippen LogP contribution is 2.23. The molecule has 0 spiro atoms. The molecule has 4 aromatic rings. The molecule has 13 atom stereocenters. The van der Waals surface area contributed by atoms with Gasteiger partial charge in [-0.05, 0) is 183 Å². The number of thiol groups is 1. The number of guanidine groups is 3. The first kappa shape index (κ1) is 113. The normalized spacial score (nSPS) is 14.1. The standard InChI is InChI=1S/C84H137N29O18S2/c1-46(2)39-62(70(120)101-44-68(117)118)110-74(124)56(23-10-13-34-87)103-71(121)55(22-9-12-33-86)104-78(128)61(31-38-133-3)109-73(123)57(24-14-35-96-82(90)91)106-79(129)63(40-47-42-99-52-19-6-4-17-49(47)52)112-77(127)60(28-29-66(89)114)108-80(130)64(41-48-43-100-53-20-7-5-18-50(48)53)111-75(125)59(26-16-37-98-84(94)95)105-72(122)58(25-15-36-97-83(92)93)107-81(131)65(45-132)113-76(126)54(21-8-11-32-85)102-69(119)51(88)27-30-67(115)116/h4-7,17-20,42-43,46,51,54-65,99-100,132H,8-16,21-41,44-45,85-88H2,1-3H3,(H2,89,114)(H,101,120)(H,102,119)(H,103,121)(H,104,128)(H,105,122)(H,106,129)(H,107,131)(H,108,130)(H,109,123)(H,110,124)(H,111,125)(H,112,127)(H,113,126)(H,115,116)(H,117,118)(H4,90,91,96)(H4,92,93,97)(H4,94,95,98)/t51-,54-,55-,56-,57-,58-,59-,60-,61-,62-,63-,64-,65-/m0/s1. The first-order valence-corrected chi connectivity index (χ1v) is 46.3. The van der Waals surface area contributed by atoms with Gasteiger partial charge in [0.15, 0.2) is 17.9 Å². The summed E-state index contributed by atoms with van der Waals surface area (Å²) in [6.45, 7) is 3.40. The lowest BCUT2D eigenvalue weighted by atomic mass is 10.0. The Morgan fingerprint density at radius 3 is 1.01 bits per heavy atom. The molecule has 2 aromatic carbocycles. The zero-order valence-corrected chi connectivity index (χ0v) is 77.1. The molecule has 0 radical (unpaired) electrons. The van der Waals surface area contributed by atoms with Gasteiger partial charge in [-0.25, -0.2) is 0 Å². The Morgan fingerprint density at radius 2 is 0.684 bits per heavy atom. The number of carboxylic acids is 2. The highest BCUT2D eigenvalue weighted by Gasteiger charge is 2.39. The minimum Gasteiger partial charge on any atom is -0.481 e. The van der Waals surface area contributed by atoms with E-state index in [1.54, 1.807) is 81.0 Å². The van der Waals surface area contributed by atoms with Crippen molar-refractivity contribution in [2.24, 2.45) is 51.8 Å². The number of primary amides is 1. The number of benzene rings is 2. The Kier molecular flexibility index (Phi) is 51.8. The number of hydrogen-bond donors (Lipinski definition) is 32. The van der Waals surface area contributed by atoms with E-state index in [1.807, 2.05) is 0 Å². The van der Waals surface area contributed by atoms with Crippen molar-refractivity contribution >= 4 is 159 Å². The number of hydrogen-bond acceptors (Lipinski definition) is 25. The van der Waals surface area contributed by atoms with Gasteiger partial charge in [-0.2, -0.15) is 24.4 Å². The van der Waals surface area contributed by atoms with Crippen molar-refractivity contribution in [2.45, 2.75) is 240 Å². The highest BCUT2D eigenvalue weighted by atomic mass is 32.2. The van der Waals surface area contributed by atoms with E-state index in [1.165, 1.54) is 11.8 Å². The summed E-state index contributed by atoms with van der Waals surface area (Å²) in [4.78, 5) is 232. The average molecular weight is 1910 g/mol. The van der Waals surface area contributed by atoms with E-state index in [0.29, 0.717) is 65.0 Å². The lowest BCUT2D eigenvalue weighted by molar-refractivity contribution is -0.139. The minimum absolute atomic E-state index is 0.00320. The number of nitrogens with two attached hydrogens (primary N) is 8. The number of rotatable bonds is 67. The van der Waals surface area contributed by atoms with Crippen LogP contribution in [0.3, 0.4) is 0 Å². The van der Waals surface area contributed by atoms with Crippen molar-refractivity contribution in [1.82, 2.24) is 95.0 Å². The number of carboxylic acid groups (broad SMARTS) is 2. The molecule has 0 unspecified atom stereocenters. The maximum Gasteiger partial charge on any atom is 0.322 e. The smallest absolute Gasteiger partial charge is 0.322 e. The van der Waals surface area contributed by atoms with Crippen molar-refractivity contribution in [1.29, 1.82) is 16.2 Å². The van der Waals surface area contributed by atoms with Crippen LogP contribution in [0.1, 0.15) is 160 Å². The highest BCUT2D eigenvalue weighted by molar-refractivity contribution is 7.98. The fourth-order valence-electron chi connectivity index (χ4n) is 14.1. The quantitative estimate of drug-likeness (QED) is 0.00850. The second-order valence-corrected chi connectivity index (χ2v) is 33.8. The van der Waals surface area contributed by atoms with Crippen LogP contribution in [0.4, 0.5) is 0 Å². The van der Waals surface area contributed by atoms with E-state index in [4.69, 9.17) is 62.1 Å². The topological polar surface area (TPSA) is 817 Å². The predicted molar refractivity (Wildman–Crippen MR) is 504 cm³/mol. The summed E-state index contributed by atoms with van der Waals surface area (Å²) in [5.74, 6) is -17.2. The molecular weight excluding hydrogens is 1770 g/mol. The fourth-order valence-corrected chi connectivity index (χ4v) is 14.8. The molecule has 0 aliphatic heterocycles. The Bertz CT molecular complexity index is 4540. The molecule has 0 bridgehead atoms. The molecule has 2 heterocycles. The summed E-state index contributed by atoms with van der Waals surface area (Å²) < 4.78 is 0. The molecule has 0 aliphatic carbocycles. The minimum atomic E-state index is -1.80. The summed E-state index contributed by atoms with van der Waals surface area (Å²) >= 11 is 5.63.